The second-order valence-electron chi connectivity index (χ2n) is 11.6. The highest BCUT2D eigenvalue weighted by Gasteiger charge is 2.27. The quantitative estimate of drug-likeness (QED) is 0.245. The largest absolute Gasteiger partial charge is 0.507 e. The monoisotopic (exact) mass is 520 g/mol. The molecular formula is C29H36N4OS2. The summed E-state index contributed by atoms with van der Waals surface area (Å²) in [6, 6.07) is 12.5. The van der Waals surface area contributed by atoms with Crippen LogP contribution in [0, 0.1) is 0 Å². The molecule has 2 heterocycles. The van der Waals surface area contributed by atoms with Crippen LogP contribution in [-0.4, -0.2) is 15.1 Å². The highest BCUT2D eigenvalue weighted by atomic mass is 32.1. The number of anilines is 3. The third-order valence-electron chi connectivity index (χ3n) is 6.20. The maximum Gasteiger partial charge on any atom is 0.189 e. The van der Waals surface area contributed by atoms with Crippen molar-refractivity contribution in [2.45, 2.75) is 72.1 Å². The van der Waals surface area contributed by atoms with Crippen LogP contribution in [0.2, 0.25) is 0 Å². The number of nitrogens with two attached hydrogens (primary N) is 1. The zero-order valence-corrected chi connectivity index (χ0v) is 24.0. The fourth-order valence-corrected chi connectivity index (χ4v) is 5.88. The molecule has 0 saturated heterocycles. The van der Waals surface area contributed by atoms with Crippen LogP contribution < -0.4 is 11.1 Å². The lowest BCUT2D eigenvalue weighted by atomic mass is 9.78. The summed E-state index contributed by atoms with van der Waals surface area (Å²) in [6.45, 7) is 17.1. The summed E-state index contributed by atoms with van der Waals surface area (Å²) in [4.78, 5) is 10.3. The van der Waals surface area contributed by atoms with Gasteiger partial charge in [-0.1, -0.05) is 78.9 Å². The number of rotatable bonds is 5. The number of hydrogen-bond donors (Lipinski definition) is 3. The van der Waals surface area contributed by atoms with Gasteiger partial charge in [0.2, 0.25) is 0 Å². The molecule has 0 spiro atoms. The molecule has 4 rings (SSSR count). The molecule has 2 aromatic heterocycles. The number of phenols is 1. The number of nitrogens with one attached hydrogen (secondary N) is 1. The first-order chi connectivity index (χ1) is 16.7. The van der Waals surface area contributed by atoms with Crippen LogP contribution in [-0.2, 0) is 10.8 Å². The van der Waals surface area contributed by atoms with Crippen molar-refractivity contribution in [1.82, 2.24) is 9.97 Å². The predicted molar refractivity (Wildman–Crippen MR) is 156 cm³/mol. The molecule has 0 aliphatic carbocycles. The van der Waals surface area contributed by atoms with E-state index < -0.39 is 0 Å². The van der Waals surface area contributed by atoms with Crippen molar-refractivity contribution in [3.8, 4) is 26.9 Å². The molecular weight excluding hydrogens is 484 g/mol. The van der Waals surface area contributed by atoms with Crippen LogP contribution in [0.25, 0.3) is 21.1 Å². The van der Waals surface area contributed by atoms with Crippen LogP contribution in [0.3, 0.4) is 0 Å². The van der Waals surface area contributed by atoms with E-state index in [1.54, 1.807) is 11.3 Å². The minimum atomic E-state index is -0.199. The molecule has 0 bridgehead atoms. The van der Waals surface area contributed by atoms with Crippen molar-refractivity contribution in [3.05, 3.63) is 58.5 Å². The summed E-state index contributed by atoms with van der Waals surface area (Å²) in [5, 5.41) is 18.1. The van der Waals surface area contributed by atoms with E-state index in [-0.39, 0.29) is 10.8 Å². The molecule has 0 radical (unpaired) electrons. The number of thiazole rings is 2. The third kappa shape index (κ3) is 5.42. The molecule has 2 aromatic carbocycles. The average Bonchev–Trinajstić information content (AvgIpc) is 3.39. The average molecular weight is 521 g/mol. The number of nitrogens with zero attached hydrogens (tertiary/aromatic N) is 2. The zero-order valence-electron chi connectivity index (χ0n) is 22.4. The Kier molecular flexibility index (Phi) is 6.92. The number of phenolic OH excluding ortho intramolecular Hbond substituents is 1. The highest BCUT2D eigenvalue weighted by molar-refractivity contribution is 7.23. The Hall–Kier alpha value is -2.90. The molecule has 0 saturated carbocycles. The van der Waals surface area contributed by atoms with Gasteiger partial charge < -0.3 is 16.2 Å². The summed E-state index contributed by atoms with van der Waals surface area (Å²) in [7, 11) is 0. The van der Waals surface area contributed by atoms with Gasteiger partial charge in [-0.25, -0.2) is 9.97 Å². The van der Waals surface area contributed by atoms with E-state index in [2.05, 4.69) is 107 Å². The minimum Gasteiger partial charge on any atom is -0.507 e. The highest BCUT2D eigenvalue weighted by Crippen LogP contribution is 2.44. The number of nitrogen functional groups attached to an aromatic ring is 1. The van der Waals surface area contributed by atoms with Crippen LogP contribution >= 0.6 is 22.7 Å². The molecule has 0 aliphatic rings. The predicted octanol–water partition coefficient (Wildman–Crippen LogP) is 8.68. The fraction of sp³-hybridized carbons (Fsp3) is 0.379. The van der Waals surface area contributed by atoms with E-state index >= 15 is 0 Å². The Balaban J connectivity index is 1.66. The number of aromatic hydroxyl groups is 1. The fourth-order valence-electron chi connectivity index (χ4n) is 4.05. The van der Waals surface area contributed by atoms with Gasteiger partial charge in [0, 0.05) is 27.8 Å². The Labute approximate surface area is 222 Å². The van der Waals surface area contributed by atoms with Crippen LogP contribution in [0.15, 0.2) is 41.8 Å². The molecule has 0 fully saturated rings. The summed E-state index contributed by atoms with van der Waals surface area (Å²) < 4.78 is 0. The van der Waals surface area contributed by atoms with Crippen LogP contribution in [0.1, 0.15) is 78.0 Å². The first-order valence-corrected chi connectivity index (χ1v) is 13.9. The lowest BCUT2D eigenvalue weighted by Gasteiger charge is -2.28. The third-order valence-corrected chi connectivity index (χ3v) is 8.18. The molecule has 4 N–H and O–H groups in total. The summed E-state index contributed by atoms with van der Waals surface area (Å²) in [5.41, 5.74) is 11.9. The Morgan fingerprint density at radius 2 is 1.50 bits per heavy atom. The van der Waals surface area contributed by atoms with E-state index in [4.69, 9.17) is 10.7 Å². The molecule has 5 nitrogen and oxygen atoms in total. The lowest BCUT2D eigenvalue weighted by Crippen LogP contribution is -2.17. The van der Waals surface area contributed by atoms with Crippen molar-refractivity contribution in [1.29, 1.82) is 0 Å². The maximum absolute atomic E-state index is 11.1. The van der Waals surface area contributed by atoms with E-state index in [0.717, 1.165) is 43.1 Å². The zero-order chi connectivity index (χ0) is 26.4. The summed E-state index contributed by atoms with van der Waals surface area (Å²) in [6.07, 6.45) is 0. The second-order valence-corrected chi connectivity index (χ2v) is 13.5. The Morgan fingerprint density at radius 3 is 2.03 bits per heavy atom. The topological polar surface area (TPSA) is 84.1 Å². The van der Waals surface area contributed by atoms with E-state index in [1.165, 1.54) is 16.9 Å². The van der Waals surface area contributed by atoms with Gasteiger partial charge in [-0.3, -0.25) is 0 Å². The lowest BCUT2D eigenvalue weighted by molar-refractivity contribution is 0.423. The molecule has 0 amide bonds. The molecule has 4 aromatic rings. The molecule has 0 atom stereocenters. The summed E-state index contributed by atoms with van der Waals surface area (Å²) in [5.74, 6) is 1.34. The Morgan fingerprint density at radius 1 is 0.917 bits per heavy atom. The van der Waals surface area contributed by atoms with Gasteiger partial charge in [0.15, 0.2) is 5.13 Å². The minimum absolute atomic E-state index is 0.199. The standard InChI is InChI=1S/C29H36N4OS2/c1-16(2)17-9-11-19(12-10-17)31-27-33-25(30)24(36-27)26-32-22(15-35-26)18-13-20(28(3,4)5)23(34)21(14-18)29(6,7)8/h9-16,34H,30H2,1-8H3,(H,31,33). The van der Waals surface area contributed by atoms with Crippen molar-refractivity contribution >= 4 is 39.3 Å². The van der Waals surface area contributed by atoms with Gasteiger partial charge in [0.25, 0.3) is 0 Å². The summed E-state index contributed by atoms with van der Waals surface area (Å²) >= 11 is 3.06. The maximum atomic E-state index is 11.1. The number of hydrogen-bond acceptors (Lipinski definition) is 7. The molecule has 36 heavy (non-hydrogen) atoms. The van der Waals surface area contributed by atoms with Crippen molar-refractivity contribution in [2.24, 2.45) is 0 Å². The van der Waals surface area contributed by atoms with Gasteiger partial charge >= 0.3 is 0 Å². The smallest absolute Gasteiger partial charge is 0.189 e. The van der Waals surface area contributed by atoms with Crippen molar-refractivity contribution < 1.29 is 5.11 Å². The number of benzene rings is 2. The molecule has 0 aliphatic heterocycles. The molecule has 0 unspecified atom stereocenters. The van der Waals surface area contributed by atoms with Crippen LogP contribution in [0.4, 0.5) is 16.6 Å². The van der Waals surface area contributed by atoms with Crippen LogP contribution in [0.5, 0.6) is 5.75 Å². The van der Waals surface area contributed by atoms with Gasteiger partial charge in [-0.15, -0.1) is 11.3 Å². The van der Waals surface area contributed by atoms with Gasteiger partial charge in [0.05, 0.1) is 5.69 Å². The first kappa shape index (κ1) is 26.2. The van der Waals surface area contributed by atoms with Crippen molar-refractivity contribution in [2.75, 3.05) is 11.1 Å². The second kappa shape index (κ2) is 9.52. The molecule has 190 valence electrons. The van der Waals surface area contributed by atoms with E-state index in [9.17, 15) is 5.11 Å². The van der Waals surface area contributed by atoms with Gasteiger partial charge in [-0.05, 0) is 46.6 Å². The number of aromatic nitrogens is 2. The van der Waals surface area contributed by atoms with Gasteiger partial charge in [-0.2, -0.15) is 0 Å². The van der Waals surface area contributed by atoms with Gasteiger partial charge in [0.1, 0.15) is 21.5 Å². The van der Waals surface area contributed by atoms with Crippen molar-refractivity contribution in [3.63, 3.8) is 0 Å². The first-order valence-electron chi connectivity index (χ1n) is 12.2. The SMILES string of the molecule is CC(C)c1ccc(Nc2nc(N)c(-c3nc(-c4cc(C(C)(C)C)c(O)c(C(C)(C)C)c4)cs3)s2)cc1. The normalized spacial score (nSPS) is 12.4. The van der Waals surface area contributed by atoms with E-state index in [1.807, 2.05) is 0 Å². The van der Waals surface area contributed by atoms with E-state index in [0.29, 0.717) is 17.5 Å². The molecule has 7 heteroatoms. The Bertz CT molecular complexity index is 1330.